The summed E-state index contributed by atoms with van der Waals surface area (Å²) in [6, 6.07) is 2.27. The van der Waals surface area contributed by atoms with Crippen LogP contribution in [0.1, 0.15) is 12.8 Å². The van der Waals surface area contributed by atoms with E-state index in [4.69, 9.17) is 5.26 Å². The molecule has 1 heterocycles. The lowest BCUT2D eigenvalue weighted by Gasteiger charge is -2.31. The van der Waals surface area contributed by atoms with E-state index in [0.29, 0.717) is 5.92 Å². The third-order valence-corrected chi connectivity index (χ3v) is 1.77. The van der Waals surface area contributed by atoms with Crippen LogP contribution < -0.4 is 0 Å². The van der Waals surface area contributed by atoms with Crippen LogP contribution in [-0.4, -0.2) is 18.0 Å². The first kappa shape index (κ1) is 6.57. The minimum atomic E-state index is 0.294. The number of hydrogen-bond donors (Lipinski definition) is 0. The molecule has 1 aliphatic rings. The topological polar surface area (TPSA) is 27.0 Å². The Morgan fingerprint density at radius 2 is 2.00 bits per heavy atom. The maximum Gasteiger partial charge on any atom is 0.0656 e. The molecule has 2 nitrogen and oxygen atoms in total. The second-order valence-electron chi connectivity index (χ2n) is 2.52. The molecule has 0 aliphatic carbocycles. The summed E-state index contributed by atoms with van der Waals surface area (Å²) in [6.07, 6.45) is 2.00. The largest absolute Gasteiger partial charge is 0.459 e. The fraction of sp³-hybridized carbons (Fsp3) is 0.714. The van der Waals surface area contributed by atoms with Gasteiger partial charge in [0, 0.05) is 5.92 Å². The van der Waals surface area contributed by atoms with Crippen LogP contribution in [0.2, 0.25) is 0 Å². The van der Waals surface area contributed by atoms with E-state index in [-0.39, 0.29) is 0 Å². The van der Waals surface area contributed by atoms with Gasteiger partial charge in [-0.3, -0.25) is 7.05 Å². The van der Waals surface area contributed by atoms with Gasteiger partial charge < -0.3 is 4.90 Å². The van der Waals surface area contributed by atoms with E-state index in [2.05, 4.69) is 13.1 Å². The predicted molar refractivity (Wildman–Crippen MR) is 35.3 cm³/mol. The molecule has 2 heteroatoms. The van der Waals surface area contributed by atoms with Crippen LogP contribution in [0.3, 0.4) is 0 Å². The monoisotopic (exact) mass is 123 g/mol. The van der Waals surface area contributed by atoms with Gasteiger partial charge in [0.1, 0.15) is 0 Å². The van der Waals surface area contributed by atoms with E-state index in [9.17, 15) is 0 Å². The molecule has 1 saturated heterocycles. The molecule has 0 unspecified atom stereocenters. The van der Waals surface area contributed by atoms with Crippen molar-refractivity contribution in [3.8, 4) is 6.07 Å². The van der Waals surface area contributed by atoms with Gasteiger partial charge in [-0.2, -0.15) is 5.26 Å². The van der Waals surface area contributed by atoms with Gasteiger partial charge in [-0.15, -0.1) is 0 Å². The summed E-state index contributed by atoms with van der Waals surface area (Å²) in [5, 5.41) is 8.49. The van der Waals surface area contributed by atoms with Gasteiger partial charge in [-0.05, 0) is 25.9 Å². The average Bonchev–Trinajstić information content (AvgIpc) is 1.90. The Bertz CT molecular complexity index is 117. The highest BCUT2D eigenvalue weighted by Crippen LogP contribution is 2.14. The van der Waals surface area contributed by atoms with Crippen molar-refractivity contribution in [3.63, 3.8) is 0 Å². The maximum absolute atomic E-state index is 8.49. The van der Waals surface area contributed by atoms with Crippen molar-refractivity contribution >= 4 is 0 Å². The first-order chi connectivity index (χ1) is 4.33. The second-order valence-corrected chi connectivity index (χ2v) is 2.52. The Hall–Kier alpha value is -0.550. The average molecular weight is 123 g/mol. The van der Waals surface area contributed by atoms with Crippen LogP contribution in [0.4, 0.5) is 0 Å². The van der Waals surface area contributed by atoms with Crippen molar-refractivity contribution in [2.75, 3.05) is 13.1 Å². The molecule has 9 heavy (non-hydrogen) atoms. The van der Waals surface area contributed by atoms with Crippen molar-refractivity contribution < 1.29 is 0 Å². The number of piperidine rings is 1. The van der Waals surface area contributed by atoms with E-state index < -0.39 is 0 Å². The maximum atomic E-state index is 8.49. The van der Waals surface area contributed by atoms with Crippen molar-refractivity contribution in [3.05, 3.63) is 7.05 Å². The zero-order valence-corrected chi connectivity index (χ0v) is 5.51. The first-order valence-corrected chi connectivity index (χ1v) is 3.28. The summed E-state index contributed by atoms with van der Waals surface area (Å²) in [5.74, 6) is 0.294. The standard InChI is InChI=1S/C7H11N2/c1-9-4-2-7(6-8)3-5-9/h7H,1-5H2/q-1. The first-order valence-electron chi connectivity index (χ1n) is 3.28. The van der Waals surface area contributed by atoms with Gasteiger partial charge in [0.25, 0.3) is 0 Å². The molecule has 1 rings (SSSR count). The van der Waals surface area contributed by atoms with E-state index in [1.807, 2.05) is 4.90 Å². The quantitative estimate of drug-likeness (QED) is 0.449. The fourth-order valence-electron chi connectivity index (χ4n) is 1.06. The lowest BCUT2D eigenvalue weighted by atomic mass is 9.99. The Balaban J connectivity index is 2.28. The molecule has 0 N–H and O–H groups in total. The van der Waals surface area contributed by atoms with Gasteiger partial charge in [0.15, 0.2) is 0 Å². The third-order valence-electron chi connectivity index (χ3n) is 1.77. The molecule has 0 atom stereocenters. The molecule has 0 bridgehead atoms. The molecular weight excluding hydrogens is 112 g/mol. The molecule has 0 saturated carbocycles. The summed E-state index contributed by atoms with van der Waals surface area (Å²) >= 11 is 0. The van der Waals surface area contributed by atoms with Crippen LogP contribution in [0.5, 0.6) is 0 Å². The van der Waals surface area contributed by atoms with E-state index >= 15 is 0 Å². The van der Waals surface area contributed by atoms with Gasteiger partial charge in [-0.25, -0.2) is 0 Å². The Kier molecular flexibility index (Phi) is 2.07. The summed E-state index contributed by atoms with van der Waals surface area (Å²) in [7, 11) is 3.79. The van der Waals surface area contributed by atoms with Crippen LogP contribution in [0.15, 0.2) is 0 Å². The highest BCUT2D eigenvalue weighted by molar-refractivity contribution is 4.86. The van der Waals surface area contributed by atoms with E-state index in [1.165, 1.54) is 0 Å². The van der Waals surface area contributed by atoms with E-state index in [0.717, 1.165) is 25.9 Å². The SMILES string of the molecule is [CH2-]N1CCC(C#N)CC1. The summed E-state index contributed by atoms with van der Waals surface area (Å²) in [4.78, 5) is 2.02. The number of likely N-dealkylation sites (tertiary alicyclic amines) is 1. The number of hydrogen-bond acceptors (Lipinski definition) is 2. The molecule has 0 spiro atoms. The van der Waals surface area contributed by atoms with Gasteiger partial charge >= 0.3 is 0 Å². The highest BCUT2D eigenvalue weighted by Gasteiger charge is 2.11. The minimum Gasteiger partial charge on any atom is -0.459 e. The van der Waals surface area contributed by atoms with Crippen LogP contribution >= 0.6 is 0 Å². The van der Waals surface area contributed by atoms with Gasteiger partial charge in [-0.1, -0.05) is 0 Å². The molecule has 0 amide bonds. The molecule has 0 radical (unpaired) electrons. The van der Waals surface area contributed by atoms with Gasteiger partial charge in [0.05, 0.1) is 6.07 Å². The van der Waals surface area contributed by atoms with Crippen molar-refractivity contribution in [1.29, 1.82) is 5.26 Å². The lowest BCUT2D eigenvalue weighted by molar-refractivity contribution is 0.271. The lowest BCUT2D eigenvalue weighted by Crippen LogP contribution is -2.27. The molecule has 0 aromatic heterocycles. The Morgan fingerprint density at radius 1 is 1.44 bits per heavy atom. The van der Waals surface area contributed by atoms with Gasteiger partial charge in [0.2, 0.25) is 0 Å². The minimum absolute atomic E-state index is 0.294. The Labute approximate surface area is 56.1 Å². The third kappa shape index (κ3) is 1.69. The smallest absolute Gasteiger partial charge is 0.0656 e. The summed E-state index contributed by atoms with van der Waals surface area (Å²) in [6.45, 7) is 1.97. The summed E-state index contributed by atoms with van der Waals surface area (Å²) < 4.78 is 0. The fourth-order valence-corrected chi connectivity index (χ4v) is 1.06. The highest BCUT2D eigenvalue weighted by atomic mass is 15.1. The van der Waals surface area contributed by atoms with Crippen LogP contribution in [0.25, 0.3) is 0 Å². The zero-order chi connectivity index (χ0) is 6.69. The zero-order valence-electron chi connectivity index (χ0n) is 5.51. The number of rotatable bonds is 0. The second kappa shape index (κ2) is 2.84. The van der Waals surface area contributed by atoms with Crippen molar-refractivity contribution in [2.45, 2.75) is 12.8 Å². The predicted octanol–water partition coefficient (Wildman–Crippen LogP) is 1.01. The van der Waals surface area contributed by atoms with E-state index in [1.54, 1.807) is 0 Å². The molecule has 0 aromatic carbocycles. The molecule has 1 fully saturated rings. The normalized spacial score (nSPS) is 23.6. The molecular formula is C7H11N2-. The molecule has 1 aliphatic heterocycles. The Morgan fingerprint density at radius 3 is 2.44 bits per heavy atom. The summed E-state index contributed by atoms with van der Waals surface area (Å²) in [5.41, 5.74) is 0. The van der Waals surface area contributed by atoms with Crippen molar-refractivity contribution in [2.24, 2.45) is 5.92 Å². The van der Waals surface area contributed by atoms with Crippen molar-refractivity contribution in [1.82, 2.24) is 4.90 Å². The number of nitrogens with zero attached hydrogens (tertiary/aromatic N) is 2. The van der Waals surface area contributed by atoms with Crippen LogP contribution in [-0.2, 0) is 0 Å². The number of nitriles is 1. The molecule has 0 aromatic rings. The van der Waals surface area contributed by atoms with Crippen LogP contribution in [0, 0.1) is 24.3 Å². The molecule has 50 valence electrons.